The Kier molecular flexibility index (Phi) is 7.45. The van der Waals surface area contributed by atoms with Gasteiger partial charge in [-0.3, -0.25) is 14.9 Å². The van der Waals surface area contributed by atoms with E-state index in [-0.39, 0.29) is 17.9 Å². The van der Waals surface area contributed by atoms with Crippen molar-refractivity contribution < 1.29 is 28.8 Å². The molecule has 0 fully saturated rings. The zero-order valence-electron chi connectivity index (χ0n) is 16.7. The number of esters is 2. The minimum atomic E-state index is -0.865. The lowest BCUT2D eigenvalue weighted by Crippen LogP contribution is -2.21. The number of nitro groups is 1. The summed E-state index contributed by atoms with van der Waals surface area (Å²) in [6.45, 7) is 1.37. The van der Waals surface area contributed by atoms with Crippen molar-refractivity contribution in [3.05, 3.63) is 63.7 Å². The van der Waals surface area contributed by atoms with E-state index in [1.807, 2.05) is 0 Å². The molecule has 2 aromatic rings. The molecule has 10 nitrogen and oxygen atoms in total. The Hall–Kier alpha value is -3.95. The molecule has 0 aliphatic carbocycles. The van der Waals surface area contributed by atoms with Gasteiger partial charge >= 0.3 is 11.9 Å². The van der Waals surface area contributed by atoms with Crippen LogP contribution in [0.2, 0.25) is 0 Å². The summed E-state index contributed by atoms with van der Waals surface area (Å²) in [6.07, 6.45) is 0. The quantitative estimate of drug-likeness (QED) is 0.396. The topological polar surface area (TPSA) is 128 Å². The highest BCUT2D eigenvalue weighted by Gasteiger charge is 2.20. The third-order valence-corrected chi connectivity index (χ3v) is 3.90. The second kappa shape index (κ2) is 10.0. The summed E-state index contributed by atoms with van der Waals surface area (Å²) in [5.74, 6) is -1.94. The minimum absolute atomic E-state index is 0.0427. The van der Waals surface area contributed by atoms with E-state index in [1.54, 1.807) is 25.9 Å². The third kappa shape index (κ3) is 5.77. The van der Waals surface area contributed by atoms with Gasteiger partial charge in [0.1, 0.15) is 5.69 Å². The maximum Gasteiger partial charge on any atom is 0.338 e. The SMILES string of the molecule is CCOC(=O)c1ccc(NC(=O)COC(=O)c2ccc(N(C)C)c([N+](=O)[O-])c2)cc1. The molecular weight excluding hydrogens is 394 g/mol. The van der Waals surface area contributed by atoms with Gasteiger partial charge in [-0.15, -0.1) is 0 Å². The molecule has 0 bridgehead atoms. The largest absolute Gasteiger partial charge is 0.462 e. The summed E-state index contributed by atoms with van der Waals surface area (Å²) in [4.78, 5) is 47.9. The van der Waals surface area contributed by atoms with E-state index in [9.17, 15) is 24.5 Å². The van der Waals surface area contributed by atoms with E-state index in [0.717, 1.165) is 6.07 Å². The molecule has 0 atom stereocenters. The van der Waals surface area contributed by atoms with E-state index in [2.05, 4.69) is 5.32 Å². The molecule has 10 heteroatoms. The van der Waals surface area contributed by atoms with Crippen LogP contribution in [-0.2, 0) is 14.3 Å². The van der Waals surface area contributed by atoms with Crippen LogP contribution >= 0.6 is 0 Å². The summed E-state index contributed by atoms with van der Waals surface area (Å²) in [7, 11) is 3.29. The number of carbonyl (C=O) groups is 3. The van der Waals surface area contributed by atoms with Crippen LogP contribution in [-0.4, -0.2) is 50.1 Å². The predicted molar refractivity (Wildman–Crippen MR) is 109 cm³/mol. The number of rotatable bonds is 8. The molecule has 0 saturated heterocycles. The van der Waals surface area contributed by atoms with E-state index >= 15 is 0 Å². The van der Waals surface area contributed by atoms with E-state index in [1.165, 1.54) is 36.4 Å². The first-order valence-corrected chi connectivity index (χ1v) is 8.92. The molecule has 0 spiro atoms. The van der Waals surface area contributed by atoms with Crippen molar-refractivity contribution in [2.24, 2.45) is 0 Å². The summed E-state index contributed by atoms with van der Waals surface area (Å²) >= 11 is 0. The number of hydrogen-bond acceptors (Lipinski definition) is 8. The molecule has 30 heavy (non-hydrogen) atoms. The molecule has 2 aromatic carbocycles. The Morgan fingerprint density at radius 2 is 1.60 bits per heavy atom. The molecule has 0 aliphatic heterocycles. The smallest absolute Gasteiger partial charge is 0.338 e. The normalized spacial score (nSPS) is 10.1. The third-order valence-electron chi connectivity index (χ3n) is 3.90. The van der Waals surface area contributed by atoms with Crippen LogP contribution in [0.3, 0.4) is 0 Å². The van der Waals surface area contributed by atoms with Crippen molar-refractivity contribution in [3.8, 4) is 0 Å². The first kappa shape index (κ1) is 22.3. The lowest BCUT2D eigenvalue weighted by molar-refractivity contribution is -0.384. The monoisotopic (exact) mass is 415 g/mol. The molecule has 0 aromatic heterocycles. The van der Waals surface area contributed by atoms with Gasteiger partial charge in [-0.1, -0.05) is 0 Å². The van der Waals surface area contributed by atoms with Crippen LogP contribution in [0.4, 0.5) is 17.1 Å². The lowest BCUT2D eigenvalue weighted by Gasteiger charge is -2.13. The number of nitrogens with zero attached hydrogens (tertiary/aromatic N) is 2. The fourth-order valence-electron chi connectivity index (χ4n) is 2.49. The number of hydrogen-bond donors (Lipinski definition) is 1. The van der Waals surface area contributed by atoms with Crippen molar-refractivity contribution in [2.45, 2.75) is 6.92 Å². The van der Waals surface area contributed by atoms with Gasteiger partial charge in [0.2, 0.25) is 0 Å². The van der Waals surface area contributed by atoms with E-state index < -0.39 is 29.4 Å². The van der Waals surface area contributed by atoms with Gasteiger partial charge in [0, 0.05) is 25.8 Å². The highest BCUT2D eigenvalue weighted by molar-refractivity contribution is 5.96. The summed E-state index contributed by atoms with van der Waals surface area (Å²) in [6, 6.07) is 9.92. The minimum Gasteiger partial charge on any atom is -0.462 e. The fraction of sp³-hybridized carbons (Fsp3) is 0.250. The van der Waals surface area contributed by atoms with Crippen molar-refractivity contribution >= 4 is 34.9 Å². The average molecular weight is 415 g/mol. The Bertz CT molecular complexity index is 955. The van der Waals surface area contributed by atoms with E-state index in [4.69, 9.17) is 9.47 Å². The Labute approximate surface area is 172 Å². The van der Waals surface area contributed by atoms with Crippen LogP contribution in [0.1, 0.15) is 27.6 Å². The second-order valence-corrected chi connectivity index (χ2v) is 6.28. The predicted octanol–water partition coefficient (Wildman–Crippen LogP) is 2.63. The van der Waals surface area contributed by atoms with Gasteiger partial charge in [-0.05, 0) is 43.3 Å². The van der Waals surface area contributed by atoms with Crippen LogP contribution < -0.4 is 10.2 Å². The summed E-state index contributed by atoms with van der Waals surface area (Å²) < 4.78 is 9.80. The molecular formula is C20H21N3O7. The number of nitrogens with one attached hydrogen (secondary N) is 1. The fourth-order valence-corrected chi connectivity index (χ4v) is 2.49. The molecule has 1 N–H and O–H groups in total. The maximum absolute atomic E-state index is 12.1. The highest BCUT2D eigenvalue weighted by Crippen LogP contribution is 2.27. The zero-order valence-corrected chi connectivity index (χ0v) is 16.7. The second-order valence-electron chi connectivity index (χ2n) is 6.28. The Balaban J connectivity index is 1.96. The number of nitro benzene ring substituents is 1. The average Bonchev–Trinajstić information content (AvgIpc) is 2.72. The zero-order chi connectivity index (χ0) is 22.3. The number of anilines is 2. The van der Waals surface area contributed by atoms with Crippen molar-refractivity contribution in [2.75, 3.05) is 37.5 Å². The summed E-state index contributed by atoms with van der Waals surface area (Å²) in [5.41, 5.74) is 0.777. The molecule has 158 valence electrons. The molecule has 2 rings (SSSR count). The number of carbonyl (C=O) groups excluding carboxylic acids is 3. The van der Waals surface area contributed by atoms with E-state index in [0.29, 0.717) is 16.9 Å². The highest BCUT2D eigenvalue weighted by atomic mass is 16.6. The molecule has 0 saturated carbocycles. The van der Waals surface area contributed by atoms with Crippen LogP contribution in [0.25, 0.3) is 0 Å². The van der Waals surface area contributed by atoms with Gasteiger partial charge in [0.05, 0.1) is 22.7 Å². The van der Waals surface area contributed by atoms with Gasteiger partial charge in [0.25, 0.3) is 11.6 Å². The van der Waals surface area contributed by atoms with Crippen LogP contribution in [0, 0.1) is 10.1 Å². The molecule has 1 amide bonds. The van der Waals surface area contributed by atoms with Gasteiger partial charge in [-0.2, -0.15) is 0 Å². The van der Waals surface area contributed by atoms with Crippen molar-refractivity contribution in [3.63, 3.8) is 0 Å². The van der Waals surface area contributed by atoms with Gasteiger partial charge in [0.15, 0.2) is 6.61 Å². The number of ether oxygens (including phenoxy) is 2. The molecule has 0 aliphatic rings. The molecule has 0 heterocycles. The number of benzene rings is 2. The standard InChI is InChI=1S/C20H21N3O7/c1-4-29-19(25)13-5-8-15(9-6-13)21-18(24)12-30-20(26)14-7-10-16(22(2)3)17(11-14)23(27)28/h5-11H,4,12H2,1-3H3,(H,21,24). The first-order valence-electron chi connectivity index (χ1n) is 8.92. The Morgan fingerprint density at radius 1 is 1.00 bits per heavy atom. The maximum atomic E-state index is 12.1. The van der Waals surface area contributed by atoms with Crippen molar-refractivity contribution in [1.29, 1.82) is 0 Å². The first-order chi connectivity index (χ1) is 14.2. The van der Waals surface area contributed by atoms with Gasteiger partial charge in [-0.25, -0.2) is 9.59 Å². The summed E-state index contributed by atoms with van der Waals surface area (Å²) in [5, 5.41) is 13.7. The lowest BCUT2D eigenvalue weighted by atomic mass is 10.1. The van der Waals surface area contributed by atoms with Crippen molar-refractivity contribution in [1.82, 2.24) is 0 Å². The molecule has 0 unspecified atom stereocenters. The van der Waals surface area contributed by atoms with Crippen LogP contribution in [0.15, 0.2) is 42.5 Å². The van der Waals surface area contributed by atoms with Gasteiger partial charge < -0.3 is 19.7 Å². The molecule has 0 radical (unpaired) electrons. The Morgan fingerprint density at radius 3 is 2.17 bits per heavy atom. The number of amides is 1. The van der Waals surface area contributed by atoms with Crippen LogP contribution in [0.5, 0.6) is 0 Å².